The normalized spacial score (nSPS) is 31.7. The van der Waals surface area contributed by atoms with Gasteiger partial charge in [-0.2, -0.15) is 0 Å². The van der Waals surface area contributed by atoms with Gasteiger partial charge in [-0.15, -0.1) is 0 Å². The van der Waals surface area contributed by atoms with Gasteiger partial charge in [0.2, 0.25) is 0 Å². The lowest BCUT2D eigenvalue weighted by Gasteiger charge is -2.47. The summed E-state index contributed by atoms with van der Waals surface area (Å²) < 4.78 is 11.8. The zero-order valence-electron chi connectivity index (χ0n) is 13.9. The Balaban J connectivity index is 1.85. The van der Waals surface area contributed by atoms with Gasteiger partial charge < -0.3 is 14.4 Å². The van der Waals surface area contributed by atoms with Crippen LogP contribution in [0.5, 0.6) is 0 Å². The third-order valence-electron chi connectivity index (χ3n) is 4.78. The van der Waals surface area contributed by atoms with E-state index in [1.807, 2.05) is 25.7 Å². The fourth-order valence-electron chi connectivity index (χ4n) is 3.88. The fraction of sp³-hybridized carbons (Fsp3) is 0.722. The van der Waals surface area contributed by atoms with E-state index in [2.05, 4.69) is 18.2 Å². The minimum Gasteiger partial charge on any atom is -0.444 e. The largest absolute Gasteiger partial charge is 0.444 e. The van der Waals surface area contributed by atoms with Gasteiger partial charge in [0.1, 0.15) is 11.2 Å². The van der Waals surface area contributed by atoms with Crippen molar-refractivity contribution in [3.05, 3.63) is 23.8 Å². The third kappa shape index (κ3) is 2.81. The Hall–Kier alpha value is -1.29. The first-order valence-electron chi connectivity index (χ1n) is 8.43. The van der Waals surface area contributed by atoms with Crippen molar-refractivity contribution in [3.8, 4) is 0 Å². The molecular weight excluding hydrogens is 278 g/mol. The van der Waals surface area contributed by atoms with E-state index in [4.69, 9.17) is 9.47 Å². The standard InChI is InChI=1S/C18H27NO3/c1-17(2,3)22-16(20)19-12-7-5-9-15(19)18-11-6-4-8-14(18)10-13-21-18/h4,8,10,15H,5-7,9,11-13H2,1-3H3/t15-,18?/m1/s1. The van der Waals surface area contributed by atoms with Crippen LogP contribution in [0.25, 0.3) is 0 Å². The monoisotopic (exact) mass is 305 g/mol. The maximum atomic E-state index is 12.7. The van der Waals surface area contributed by atoms with E-state index in [1.54, 1.807) is 0 Å². The zero-order valence-corrected chi connectivity index (χ0v) is 13.9. The Bertz CT molecular complexity index is 503. The zero-order chi connectivity index (χ0) is 15.8. The highest BCUT2D eigenvalue weighted by atomic mass is 16.6. The van der Waals surface area contributed by atoms with Crippen LogP contribution in [0.2, 0.25) is 0 Å². The molecule has 0 radical (unpaired) electrons. The lowest BCUT2D eigenvalue weighted by atomic mass is 9.76. The summed E-state index contributed by atoms with van der Waals surface area (Å²) >= 11 is 0. The molecule has 1 amide bonds. The first-order valence-corrected chi connectivity index (χ1v) is 8.43. The van der Waals surface area contributed by atoms with E-state index >= 15 is 0 Å². The van der Waals surface area contributed by atoms with Crippen LogP contribution in [0.15, 0.2) is 23.8 Å². The summed E-state index contributed by atoms with van der Waals surface area (Å²) in [6.45, 7) is 7.18. The van der Waals surface area contributed by atoms with Gasteiger partial charge in [0.15, 0.2) is 0 Å². The highest BCUT2D eigenvalue weighted by Gasteiger charge is 2.50. The number of allylic oxidation sites excluding steroid dienone is 1. The van der Waals surface area contributed by atoms with Crippen molar-refractivity contribution in [1.29, 1.82) is 0 Å². The number of carbonyl (C=O) groups is 1. The molecular formula is C18H27NO3. The van der Waals surface area contributed by atoms with Crippen molar-refractivity contribution < 1.29 is 14.3 Å². The van der Waals surface area contributed by atoms with Crippen LogP contribution in [0.1, 0.15) is 52.9 Å². The molecule has 0 N–H and O–H groups in total. The molecule has 0 aromatic carbocycles. The van der Waals surface area contributed by atoms with Crippen molar-refractivity contribution >= 4 is 6.09 Å². The van der Waals surface area contributed by atoms with Crippen LogP contribution in [0.3, 0.4) is 0 Å². The molecule has 3 aliphatic rings. The van der Waals surface area contributed by atoms with Crippen LogP contribution < -0.4 is 0 Å². The van der Waals surface area contributed by atoms with Gasteiger partial charge in [0, 0.05) is 6.54 Å². The van der Waals surface area contributed by atoms with E-state index in [0.29, 0.717) is 6.61 Å². The minimum absolute atomic E-state index is 0.0924. The van der Waals surface area contributed by atoms with E-state index in [-0.39, 0.29) is 17.7 Å². The molecule has 0 spiro atoms. The smallest absolute Gasteiger partial charge is 0.410 e. The Morgan fingerprint density at radius 2 is 2.23 bits per heavy atom. The van der Waals surface area contributed by atoms with E-state index in [9.17, 15) is 4.79 Å². The van der Waals surface area contributed by atoms with Gasteiger partial charge >= 0.3 is 6.09 Å². The molecule has 4 nitrogen and oxygen atoms in total. The number of amides is 1. The SMILES string of the molecule is CC(C)(C)OC(=O)N1CCCC[C@@H]1C12CCC=CC1=CCO2. The second-order valence-corrected chi connectivity index (χ2v) is 7.49. The average molecular weight is 305 g/mol. The number of hydrogen-bond donors (Lipinski definition) is 0. The quantitative estimate of drug-likeness (QED) is 0.739. The maximum absolute atomic E-state index is 12.7. The summed E-state index contributed by atoms with van der Waals surface area (Å²) in [7, 11) is 0. The fourth-order valence-corrected chi connectivity index (χ4v) is 3.88. The Labute approximate surface area is 133 Å². The highest BCUT2D eigenvalue weighted by Crippen LogP contribution is 2.44. The molecule has 2 aliphatic heterocycles. The Morgan fingerprint density at radius 3 is 3.00 bits per heavy atom. The van der Waals surface area contributed by atoms with Crippen molar-refractivity contribution in [1.82, 2.24) is 4.90 Å². The second-order valence-electron chi connectivity index (χ2n) is 7.49. The Morgan fingerprint density at radius 1 is 1.41 bits per heavy atom. The number of rotatable bonds is 1. The van der Waals surface area contributed by atoms with Gasteiger partial charge in [-0.3, -0.25) is 0 Å². The summed E-state index contributed by atoms with van der Waals surface area (Å²) in [6.07, 6.45) is 11.5. The second kappa shape index (κ2) is 5.73. The number of nitrogens with zero attached hydrogens (tertiary/aromatic N) is 1. The molecule has 2 atom stereocenters. The van der Waals surface area contributed by atoms with Gasteiger partial charge in [-0.1, -0.05) is 18.2 Å². The van der Waals surface area contributed by atoms with Gasteiger partial charge in [0.25, 0.3) is 0 Å². The van der Waals surface area contributed by atoms with Crippen molar-refractivity contribution in [2.75, 3.05) is 13.2 Å². The molecule has 22 heavy (non-hydrogen) atoms. The summed E-state index contributed by atoms with van der Waals surface area (Å²) in [6, 6.07) is 0.0924. The molecule has 0 aromatic heterocycles. The summed E-state index contributed by atoms with van der Waals surface area (Å²) in [5, 5.41) is 0. The first-order chi connectivity index (χ1) is 10.4. The van der Waals surface area contributed by atoms with Gasteiger partial charge in [-0.05, 0) is 58.4 Å². The predicted molar refractivity (Wildman–Crippen MR) is 85.7 cm³/mol. The van der Waals surface area contributed by atoms with Crippen molar-refractivity contribution in [3.63, 3.8) is 0 Å². The van der Waals surface area contributed by atoms with Crippen molar-refractivity contribution in [2.45, 2.75) is 70.1 Å². The number of fused-ring (bicyclic) bond motifs is 1. The van der Waals surface area contributed by atoms with Crippen LogP contribution in [0.4, 0.5) is 4.79 Å². The van der Waals surface area contributed by atoms with E-state index in [0.717, 1.165) is 38.6 Å². The van der Waals surface area contributed by atoms with Crippen molar-refractivity contribution in [2.24, 2.45) is 0 Å². The highest BCUT2D eigenvalue weighted by molar-refractivity contribution is 5.69. The van der Waals surface area contributed by atoms with Crippen LogP contribution in [0, 0.1) is 0 Å². The van der Waals surface area contributed by atoms with Crippen LogP contribution in [-0.4, -0.2) is 41.4 Å². The Kier molecular flexibility index (Phi) is 4.06. The third-order valence-corrected chi connectivity index (χ3v) is 4.78. The predicted octanol–water partition coefficient (Wildman–Crippen LogP) is 3.82. The molecule has 1 saturated heterocycles. The summed E-state index contributed by atoms with van der Waals surface area (Å²) in [4.78, 5) is 14.6. The molecule has 0 saturated carbocycles. The first kappa shape index (κ1) is 15.6. The minimum atomic E-state index is -0.460. The topological polar surface area (TPSA) is 38.8 Å². The number of likely N-dealkylation sites (tertiary alicyclic amines) is 1. The number of piperidine rings is 1. The lowest BCUT2D eigenvalue weighted by Crippen LogP contribution is -2.58. The molecule has 122 valence electrons. The molecule has 4 heteroatoms. The number of ether oxygens (including phenoxy) is 2. The molecule has 0 bridgehead atoms. The molecule has 1 fully saturated rings. The summed E-state index contributed by atoms with van der Waals surface area (Å²) in [5.41, 5.74) is 0.476. The van der Waals surface area contributed by atoms with Crippen LogP contribution in [-0.2, 0) is 9.47 Å². The summed E-state index contributed by atoms with van der Waals surface area (Å²) in [5.74, 6) is 0. The average Bonchev–Trinajstić information content (AvgIpc) is 2.90. The van der Waals surface area contributed by atoms with E-state index in [1.165, 1.54) is 5.57 Å². The molecule has 1 aliphatic carbocycles. The van der Waals surface area contributed by atoms with E-state index < -0.39 is 5.60 Å². The maximum Gasteiger partial charge on any atom is 0.410 e. The number of carbonyl (C=O) groups excluding carboxylic acids is 1. The molecule has 0 aromatic rings. The molecule has 2 heterocycles. The van der Waals surface area contributed by atoms with Gasteiger partial charge in [0.05, 0.1) is 12.6 Å². The van der Waals surface area contributed by atoms with Gasteiger partial charge in [-0.25, -0.2) is 4.79 Å². The number of hydrogen-bond acceptors (Lipinski definition) is 3. The lowest BCUT2D eigenvalue weighted by molar-refractivity contribution is -0.0741. The van der Waals surface area contributed by atoms with Crippen LogP contribution >= 0.6 is 0 Å². The molecule has 1 unspecified atom stereocenters. The molecule has 3 rings (SSSR count).